The van der Waals surface area contributed by atoms with Gasteiger partial charge in [-0.1, -0.05) is 60.7 Å². The van der Waals surface area contributed by atoms with Gasteiger partial charge in [-0.2, -0.15) is 0 Å². The summed E-state index contributed by atoms with van der Waals surface area (Å²) in [6.07, 6.45) is 3.20. The summed E-state index contributed by atoms with van der Waals surface area (Å²) in [5, 5.41) is 9.80. The average Bonchev–Trinajstić information content (AvgIpc) is 2.97. The number of carboxylic acids is 1. The number of piperidine rings is 2. The molecule has 9 heteroatoms. The lowest BCUT2D eigenvalue weighted by Crippen LogP contribution is -2.52. The Hall–Kier alpha value is -3.88. The molecule has 1 N–H and O–H groups in total. The zero-order chi connectivity index (χ0) is 34.2. The largest absolute Gasteiger partial charge is 0.481 e. The van der Waals surface area contributed by atoms with Gasteiger partial charge in [-0.25, -0.2) is 9.59 Å². The number of ketones is 1. The SMILES string of the molecule is CC(=O)[C@@]1(Cc2ccccc2)CCCN(C(=O)OC(C)(C)C)C1.CC(C)(C)OC(=O)N1CCC[C@@](Cc2ccccc2)(C(=O)O)C1. The van der Waals surface area contributed by atoms with Crippen LogP contribution in [0.4, 0.5) is 9.59 Å². The molecule has 2 aliphatic rings. The summed E-state index contributed by atoms with van der Waals surface area (Å²) in [5.41, 5.74) is -0.450. The molecule has 0 spiro atoms. The van der Waals surface area contributed by atoms with Crippen LogP contribution in [0.3, 0.4) is 0 Å². The molecule has 2 saturated heterocycles. The van der Waals surface area contributed by atoms with E-state index in [4.69, 9.17) is 9.47 Å². The van der Waals surface area contributed by atoms with E-state index in [1.54, 1.807) is 11.8 Å². The summed E-state index contributed by atoms with van der Waals surface area (Å²) in [6.45, 7) is 14.5. The number of aliphatic carboxylic acids is 1. The summed E-state index contributed by atoms with van der Waals surface area (Å²) in [6, 6.07) is 19.6. The van der Waals surface area contributed by atoms with Crippen molar-refractivity contribution in [3.63, 3.8) is 0 Å². The molecule has 4 rings (SSSR count). The second-order valence-corrected chi connectivity index (χ2v) is 14.8. The minimum Gasteiger partial charge on any atom is -0.481 e. The Morgan fingerprint density at radius 3 is 1.41 bits per heavy atom. The van der Waals surface area contributed by atoms with Gasteiger partial charge >= 0.3 is 18.2 Å². The van der Waals surface area contributed by atoms with E-state index in [-0.39, 0.29) is 18.4 Å². The number of carbonyl (C=O) groups excluding carboxylic acids is 3. The van der Waals surface area contributed by atoms with Crippen LogP contribution in [0.25, 0.3) is 0 Å². The second-order valence-electron chi connectivity index (χ2n) is 14.8. The number of carbonyl (C=O) groups is 4. The number of Topliss-reactive ketones (excluding diaryl/α,β-unsaturated/α-hetero) is 1. The van der Waals surface area contributed by atoms with Gasteiger partial charge in [-0.3, -0.25) is 9.59 Å². The summed E-state index contributed by atoms with van der Waals surface area (Å²) in [4.78, 5) is 52.2. The number of likely N-dealkylation sites (tertiary alicyclic amines) is 2. The molecular weight excluding hydrogens is 584 g/mol. The molecule has 0 unspecified atom stereocenters. The van der Waals surface area contributed by atoms with Crippen LogP contribution < -0.4 is 0 Å². The molecule has 2 aromatic carbocycles. The molecule has 0 aromatic heterocycles. The van der Waals surface area contributed by atoms with Crippen molar-refractivity contribution in [2.45, 2.75) is 98.2 Å². The fourth-order valence-corrected chi connectivity index (χ4v) is 6.15. The second kappa shape index (κ2) is 15.1. The highest BCUT2D eigenvalue weighted by molar-refractivity contribution is 5.84. The highest BCUT2D eigenvalue weighted by Crippen LogP contribution is 2.36. The highest BCUT2D eigenvalue weighted by Gasteiger charge is 2.45. The third-order valence-corrected chi connectivity index (χ3v) is 8.43. The van der Waals surface area contributed by atoms with Gasteiger partial charge in [0, 0.05) is 26.2 Å². The van der Waals surface area contributed by atoms with Crippen molar-refractivity contribution in [1.29, 1.82) is 0 Å². The first-order valence-corrected chi connectivity index (χ1v) is 16.2. The molecule has 252 valence electrons. The lowest BCUT2D eigenvalue weighted by molar-refractivity contribution is -0.152. The van der Waals surface area contributed by atoms with E-state index in [1.807, 2.05) is 102 Å². The topological polar surface area (TPSA) is 113 Å². The molecule has 2 aliphatic heterocycles. The maximum Gasteiger partial charge on any atom is 0.410 e. The maximum atomic E-state index is 12.4. The summed E-state index contributed by atoms with van der Waals surface area (Å²) >= 11 is 0. The quantitative estimate of drug-likeness (QED) is 0.358. The zero-order valence-electron chi connectivity index (χ0n) is 28.6. The predicted molar refractivity (Wildman–Crippen MR) is 178 cm³/mol. The van der Waals surface area contributed by atoms with Gasteiger partial charge < -0.3 is 24.4 Å². The lowest BCUT2D eigenvalue weighted by Gasteiger charge is -2.41. The van der Waals surface area contributed by atoms with Crippen molar-refractivity contribution in [2.75, 3.05) is 26.2 Å². The minimum absolute atomic E-state index is 0.148. The van der Waals surface area contributed by atoms with Crippen molar-refractivity contribution in [1.82, 2.24) is 9.80 Å². The Bertz CT molecular complexity index is 1230. The van der Waals surface area contributed by atoms with Gasteiger partial charge in [-0.05, 0) is 98.1 Å². The first kappa shape index (κ1) is 36.6. The van der Waals surface area contributed by atoms with Gasteiger partial charge in [0.15, 0.2) is 0 Å². The van der Waals surface area contributed by atoms with Crippen LogP contribution in [0.1, 0.15) is 85.3 Å². The van der Waals surface area contributed by atoms with Crippen LogP contribution in [0.2, 0.25) is 0 Å². The van der Waals surface area contributed by atoms with Gasteiger partial charge in [0.2, 0.25) is 0 Å². The van der Waals surface area contributed by atoms with Gasteiger partial charge in [0.1, 0.15) is 17.0 Å². The minimum atomic E-state index is -0.948. The van der Waals surface area contributed by atoms with Gasteiger partial charge in [0.05, 0.1) is 10.8 Å². The normalized spacial score (nSPS) is 21.8. The number of nitrogens with zero attached hydrogens (tertiary/aromatic N) is 2. The Morgan fingerprint density at radius 2 is 1.04 bits per heavy atom. The number of benzene rings is 2. The first-order valence-electron chi connectivity index (χ1n) is 16.2. The number of ether oxygens (including phenoxy) is 2. The van der Waals surface area contributed by atoms with Crippen LogP contribution in [-0.2, 0) is 31.9 Å². The van der Waals surface area contributed by atoms with Crippen LogP contribution in [0.5, 0.6) is 0 Å². The molecule has 0 aliphatic carbocycles. The van der Waals surface area contributed by atoms with Crippen LogP contribution >= 0.6 is 0 Å². The van der Waals surface area contributed by atoms with Crippen LogP contribution in [0.15, 0.2) is 60.7 Å². The van der Waals surface area contributed by atoms with Crippen molar-refractivity contribution < 1.29 is 33.8 Å². The monoisotopic (exact) mass is 636 g/mol. The fraction of sp³-hybridized carbons (Fsp3) is 0.568. The van der Waals surface area contributed by atoms with Gasteiger partial charge in [-0.15, -0.1) is 0 Å². The number of rotatable bonds is 6. The zero-order valence-corrected chi connectivity index (χ0v) is 28.6. The molecule has 2 heterocycles. The first-order chi connectivity index (χ1) is 21.4. The molecule has 0 saturated carbocycles. The molecule has 0 radical (unpaired) electrons. The average molecular weight is 637 g/mol. The standard InChI is InChI=1S/C19H27NO3.C18H25NO4/c1-15(21)19(13-16-9-6-5-7-10-16)11-8-12-20(14-19)17(22)23-18(2,3)4;1-17(2,3)23-16(22)19-11-7-10-18(13-19,15(20)21)12-14-8-5-4-6-9-14/h5-7,9-10H,8,11-14H2,1-4H3;4-6,8-9H,7,10-13H2,1-3H3,(H,20,21)/t19-;18-/m10/s1. The van der Waals surface area contributed by atoms with E-state index in [9.17, 15) is 24.3 Å². The summed E-state index contributed by atoms with van der Waals surface area (Å²) in [5.74, 6) is -0.704. The van der Waals surface area contributed by atoms with Crippen molar-refractivity contribution in [2.24, 2.45) is 10.8 Å². The number of carboxylic acid groups (broad SMARTS) is 1. The van der Waals surface area contributed by atoms with E-state index < -0.39 is 34.1 Å². The lowest BCUT2D eigenvalue weighted by atomic mass is 9.72. The number of amides is 2. The summed E-state index contributed by atoms with van der Waals surface area (Å²) < 4.78 is 10.9. The Balaban J connectivity index is 0.000000250. The molecular formula is C37H52N2O7. The molecule has 2 fully saturated rings. The molecule has 0 bridgehead atoms. The Kier molecular flexibility index (Phi) is 12.0. The van der Waals surface area contributed by atoms with Crippen LogP contribution in [0, 0.1) is 10.8 Å². The highest BCUT2D eigenvalue weighted by atomic mass is 16.6. The van der Waals surface area contributed by atoms with Gasteiger partial charge in [0.25, 0.3) is 0 Å². The molecule has 2 aromatic rings. The summed E-state index contributed by atoms with van der Waals surface area (Å²) in [7, 11) is 0. The van der Waals surface area contributed by atoms with E-state index in [0.29, 0.717) is 45.3 Å². The molecule has 2 atom stereocenters. The van der Waals surface area contributed by atoms with E-state index in [2.05, 4.69) is 0 Å². The molecule has 9 nitrogen and oxygen atoms in total. The maximum absolute atomic E-state index is 12.4. The Labute approximate surface area is 274 Å². The number of hydrogen-bond donors (Lipinski definition) is 1. The van der Waals surface area contributed by atoms with E-state index in [0.717, 1.165) is 24.0 Å². The van der Waals surface area contributed by atoms with Crippen molar-refractivity contribution in [3.05, 3.63) is 71.8 Å². The third-order valence-electron chi connectivity index (χ3n) is 8.43. The number of hydrogen-bond acceptors (Lipinski definition) is 6. The predicted octanol–water partition coefficient (Wildman–Crippen LogP) is 7.17. The van der Waals surface area contributed by atoms with Crippen molar-refractivity contribution in [3.8, 4) is 0 Å². The Morgan fingerprint density at radius 1 is 0.674 bits per heavy atom. The fourth-order valence-electron chi connectivity index (χ4n) is 6.15. The smallest absolute Gasteiger partial charge is 0.410 e. The van der Waals surface area contributed by atoms with E-state index in [1.165, 1.54) is 4.90 Å². The van der Waals surface area contributed by atoms with E-state index >= 15 is 0 Å². The molecule has 46 heavy (non-hydrogen) atoms. The molecule has 2 amide bonds. The van der Waals surface area contributed by atoms with Crippen molar-refractivity contribution >= 4 is 23.9 Å². The van der Waals surface area contributed by atoms with Crippen LogP contribution in [-0.4, -0.2) is 76.2 Å². The third kappa shape index (κ3) is 10.6.